The zero-order chi connectivity index (χ0) is 18.6. The van der Waals surface area contributed by atoms with Crippen molar-refractivity contribution in [2.75, 3.05) is 43.4 Å². The van der Waals surface area contributed by atoms with Crippen LogP contribution in [0.3, 0.4) is 0 Å². The third kappa shape index (κ3) is 3.05. The molecule has 27 heavy (non-hydrogen) atoms. The Kier molecular flexibility index (Phi) is 4.03. The van der Waals surface area contributed by atoms with Crippen LogP contribution >= 0.6 is 0 Å². The molecular weight excluding hydrogens is 338 g/mol. The molecule has 5 nitrogen and oxygen atoms in total. The third-order valence-electron chi connectivity index (χ3n) is 7.52. The molecule has 1 aromatic carbocycles. The third-order valence-corrected chi connectivity index (χ3v) is 7.52. The monoisotopic (exact) mass is 369 g/mol. The summed E-state index contributed by atoms with van der Waals surface area (Å²) < 4.78 is 0. The average molecular weight is 370 g/mol. The van der Waals surface area contributed by atoms with Gasteiger partial charge < -0.3 is 20.2 Å². The number of rotatable bonds is 3. The van der Waals surface area contributed by atoms with Crippen LogP contribution < -0.4 is 10.2 Å². The summed E-state index contributed by atoms with van der Waals surface area (Å²) in [4.78, 5) is 17.0. The van der Waals surface area contributed by atoms with Gasteiger partial charge in [0.1, 0.15) is 0 Å². The Morgan fingerprint density at radius 2 is 1.81 bits per heavy atom. The van der Waals surface area contributed by atoms with Crippen LogP contribution in [0.4, 0.5) is 11.4 Å². The van der Waals surface area contributed by atoms with Crippen molar-refractivity contribution in [2.45, 2.75) is 56.0 Å². The fourth-order valence-corrected chi connectivity index (χ4v) is 5.41. The number of anilines is 2. The van der Waals surface area contributed by atoms with E-state index in [1.54, 1.807) is 0 Å². The smallest absolute Gasteiger partial charge is 0.235 e. The van der Waals surface area contributed by atoms with Crippen molar-refractivity contribution in [3.8, 4) is 0 Å². The van der Waals surface area contributed by atoms with E-state index in [9.17, 15) is 9.90 Å². The van der Waals surface area contributed by atoms with Crippen LogP contribution in [0.1, 0.15) is 50.5 Å². The maximum atomic E-state index is 12.2. The molecule has 1 amide bonds. The lowest BCUT2D eigenvalue weighted by Gasteiger charge is -2.42. The molecule has 3 aliphatic heterocycles. The number of carbonyl (C=O) groups is 1. The van der Waals surface area contributed by atoms with E-state index in [-0.39, 0.29) is 11.3 Å². The molecule has 1 spiro atoms. The van der Waals surface area contributed by atoms with E-state index in [0.717, 1.165) is 64.0 Å². The molecule has 5 heteroatoms. The first-order chi connectivity index (χ1) is 13.0. The molecule has 2 saturated heterocycles. The van der Waals surface area contributed by atoms with Crippen molar-refractivity contribution in [2.24, 2.45) is 5.92 Å². The van der Waals surface area contributed by atoms with Crippen LogP contribution in [0.5, 0.6) is 0 Å². The minimum Gasteiger partial charge on any atom is -0.390 e. The summed E-state index contributed by atoms with van der Waals surface area (Å²) in [5.74, 6) is 0.852. The van der Waals surface area contributed by atoms with Crippen LogP contribution in [-0.4, -0.2) is 54.7 Å². The van der Waals surface area contributed by atoms with Crippen LogP contribution in [0.2, 0.25) is 0 Å². The first kappa shape index (κ1) is 17.5. The van der Waals surface area contributed by atoms with E-state index in [1.165, 1.54) is 24.1 Å². The molecule has 0 atom stereocenters. The number of hydrogen-bond donors (Lipinski definition) is 2. The van der Waals surface area contributed by atoms with Crippen molar-refractivity contribution in [3.63, 3.8) is 0 Å². The standard InChI is InChI=1S/C22H31N3O2/c1-24-10-4-16(5-11-24)15-21(27)8-12-25(13-9-21)17-2-3-19-18(14-17)22(6-7-22)20(26)23-19/h2-3,14,16,27H,4-13,15H2,1H3,(H,23,26). The first-order valence-electron chi connectivity index (χ1n) is 10.6. The maximum Gasteiger partial charge on any atom is 0.235 e. The summed E-state index contributed by atoms with van der Waals surface area (Å²) in [6.45, 7) is 4.12. The van der Waals surface area contributed by atoms with Crippen molar-refractivity contribution < 1.29 is 9.90 Å². The molecule has 2 N–H and O–H groups in total. The lowest BCUT2D eigenvalue weighted by atomic mass is 9.79. The number of hydrogen-bond acceptors (Lipinski definition) is 4. The van der Waals surface area contributed by atoms with E-state index >= 15 is 0 Å². The Balaban J connectivity index is 1.24. The molecule has 0 unspecified atom stereocenters. The molecule has 146 valence electrons. The fraction of sp³-hybridized carbons (Fsp3) is 0.682. The second-order valence-electron chi connectivity index (χ2n) is 9.43. The van der Waals surface area contributed by atoms with Crippen molar-refractivity contribution in [3.05, 3.63) is 23.8 Å². The highest BCUT2D eigenvalue weighted by atomic mass is 16.3. The number of piperidine rings is 2. The number of amides is 1. The van der Waals surface area contributed by atoms with Gasteiger partial charge in [0, 0.05) is 24.5 Å². The Morgan fingerprint density at radius 1 is 1.11 bits per heavy atom. The second-order valence-corrected chi connectivity index (χ2v) is 9.43. The largest absolute Gasteiger partial charge is 0.390 e. The molecule has 3 heterocycles. The van der Waals surface area contributed by atoms with Gasteiger partial charge in [-0.1, -0.05) is 0 Å². The van der Waals surface area contributed by atoms with Crippen molar-refractivity contribution in [1.29, 1.82) is 0 Å². The lowest BCUT2D eigenvalue weighted by molar-refractivity contribution is -0.117. The van der Waals surface area contributed by atoms with Gasteiger partial charge in [0.25, 0.3) is 0 Å². The minimum atomic E-state index is -0.497. The predicted molar refractivity (Wildman–Crippen MR) is 107 cm³/mol. The summed E-state index contributed by atoms with van der Waals surface area (Å²) in [5.41, 5.74) is 2.67. The first-order valence-corrected chi connectivity index (χ1v) is 10.6. The van der Waals surface area contributed by atoms with Crippen LogP contribution in [0, 0.1) is 5.92 Å². The maximum absolute atomic E-state index is 12.2. The summed E-state index contributed by atoms with van der Waals surface area (Å²) in [7, 11) is 2.19. The Morgan fingerprint density at radius 3 is 2.48 bits per heavy atom. The minimum absolute atomic E-state index is 0.181. The highest BCUT2D eigenvalue weighted by Gasteiger charge is 2.56. The fourth-order valence-electron chi connectivity index (χ4n) is 5.41. The molecule has 3 fully saturated rings. The molecular formula is C22H31N3O2. The van der Waals surface area contributed by atoms with Gasteiger partial charge in [0.15, 0.2) is 0 Å². The molecule has 0 aromatic heterocycles. The Bertz CT molecular complexity index is 742. The summed E-state index contributed by atoms with van der Waals surface area (Å²) >= 11 is 0. The topological polar surface area (TPSA) is 55.8 Å². The second kappa shape index (κ2) is 6.21. The summed E-state index contributed by atoms with van der Waals surface area (Å²) in [6, 6.07) is 6.42. The predicted octanol–water partition coefficient (Wildman–Crippen LogP) is 2.73. The number of fused-ring (bicyclic) bond motifs is 2. The average Bonchev–Trinajstić information content (AvgIpc) is 3.41. The molecule has 4 aliphatic rings. The molecule has 1 aromatic rings. The van der Waals surface area contributed by atoms with E-state index in [0.29, 0.717) is 5.92 Å². The van der Waals surface area contributed by atoms with Crippen LogP contribution in [-0.2, 0) is 10.2 Å². The molecule has 0 radical (unpaired) electrons. The van der Waals surface area contributed by atoms with Crippen molar-refractivity contribution >= 4 is 17.3 Å². The number of aliphatic hydroxyl groups is 1. The Hall–Kier alpha value is -1.59. The number of likely N-dealkylation sites (tertiary alicyclic amines) is 1. The van der Waals surface area contributed by atoms with E-state index in [4.69, 9.17) is 0 Å². The SMILES string of the molecule is CN1CCC(CC2(O)CCN(c3ccc4c(c3)C3(CC3)C(=O)N4)CC2)CC1. The van der Waals surface area contributed by atoms with Crippen molar-refractivity contribution in [1.82, 2.24) is 4.90 Å². The van der Waals surface area contributed by atoms with Gasteiger partial charge in [-0.3, -0.25) is 4.79 Å². The van der Waals surface area contributed by atoms with Gasteiger partial charge in [-0.05, 0) is 94.8 Å². The Labute approximate surface area is 161 Å². The quantitative estimate of drug-likeness (QED) is 0.860. The number of carbonyl (C=O) groups excluding carboxylic acids is 1. The van der Waals surface area contributed by atoms with Gasteiger partial charge in [-0.2, -0.15) is 0 Å². The highest BCUT2D eigenvalue weighted by molar-refractivity contribution is 6.08. The zero-order valence-corrected chi connectivity index (χ0v) is 16.3. The number of benzene rings is 1. The van der Waals surface area contributed by atoms with Gasteiger partial charge in [-0.25, -0.2) is 0 Å². The highest BCUT2D eigenvalue weighted by Crippen LogP contribution is 2.55. The van der Waals surface area contributed by atoms with Crippen LogP contribution in [0.15, 0.2) is 18.2 Å². The molecule has 0 bridgehead atoms. The van der Waals surface area contributed by atoms with E-state index in [2.05, 4.69) is 40.4 Å². The number of nitrogens with zero attached hydrogens (tertiary/aromatic N) is 2. The number of nitrogens with one attached hydrogen (secondary N) is 1. The summed E-state index contributed by atoms with van der Waals surface area (Å²) in [5, 5.41) is 14.2. The van der Waals surface area contributed by atoms with Gasteiger partial charge in [-0.15, -0.1) is 0 Å². The lowest BCUT2D eigenvalue weighted by Crippen LogP contribution is -2.46. The summed E-state index contributed by atoms with van der Waals surface area (Å²) in [6.07, 6.45) is 7.04. The van der Waals surface area contributed by atoms with Gasteiger partial charge in [0.05, 0.1) is 11.0 Å². The van der Waals surface area contributed by atoms with Gasteiger partial charge >= 0.3 is 0 Å². The molecule has 1 aliphatic carbocycles. The molecule has 1 saturated carbocycles. The van der Waals surface area contributed by atoms with Crippen LogP contribution in [0.25, 0.3) is 0 Å². The van der Waals surface area contributed by atoms with Gasteiger partial charge in [0.2, 0.25) is 5.91 Å². The van der Waals surface area contributed by atoms with E-state index in [1.807, 2.05) is 0 Å². The zero-order valence-electron chi connectivity index (χ0n) is 16.3. The molecule has 5 rings (SSSR count). The normalized spacial score (nSPS) is 26.9. The van der Waals surface area contributed by atoms with E-state index < -0.39 is 5.60 Å².